The third-order valence-corrected chi connectivity index (χ3v) is 4.00. The molecule has 0 atom stereocenters. The molecular weight excluding hydrogens is 324 g/mol. The number of ether oxygens (including phenoxy) is 2. The van der Waals surface area contributed by atoms with Gasteiger partial charge in [0.15, 0.2) is 0 Å². The molecule has 2 rings (SSSR count). The lowest BCUT2D eigenvalue weighted by Crippen LogP contribution is -2.04. The molecular formula is C20H21ClO3. The molecule has 0 radical (unpaired) electrons. The largest absolute Gasteiger partial charge is 0.493 e. The molecule has 0 aliphatic carbocycles. The van der Waals surface area contributed by atoms with Crippen LogP contribution in [-0.2, 0) is 4.79 Å². The minimum Gasteiger partial charge on any atom is -0.493 e. The summed E-state index contributed by atoms with van der Waals surface area (Å²) in [5.74, 6) is 0.794. The Bertz CT molecular complexity index is 727. The Morgan fingerprint density at radius 3 is 2.50 bits per heavy atom. The van der Waals surface area contributed by atoms with Gasteiger partial charge >= 0.3 is 5.97 Å². The van der Waals surface area contributed by atoms with Gasteiger partial charge in [0, 0.05) is 16.7 Å². The van der Waals surface area contributed by atoms with Gasteiger partial charge in [-0.25, -0.2) is 4.79 Å². The number of carbonyl (C=O) groups is 1. The second-order valence-corrected chi connectivity index (χ2v) is 5.89. The first-order valence-corrected chi connectivity index (χ1v) is 8.27. The summed E-state index contributed by atoms with van der Waals surface area (Å²) >= 11 is 6.12. The van der Waals surface area contributed by atoms with Gasteiger partial charge in [-0.3, -0.25) is 0 Å². The number of rotatable bonds is 6. The molecule has 24 heavy (non-hydrogen) atoms. The Kier molecular flexibility index (Phi) is 6.44. The van der Waals surface area contributed by atoms with Crippen molar-refractivity contribution < 1.29 is 14.3 Å². The standard InChI is InChI=1S/C20H21ClO3/c1-4-11-23-18-8-6-5-7-16(18)9-10-19(22)24-17-12-14(2)20(21)15(3)13-17/h5-10,12-13H,4,11H2,1-3H3/b10-9+. The number of aryl methyl sites for hydroxylation is 2. The summed E-state index contributed by atoms with van der Waals surface area (Å²) in [6.07, 6.45) is 4.02. The lowest BCUT2D eigenvalue weighted by molar-refractivity contribution is -0.128. The normalized spacial score (nSPS) is 10.8. The van der Waals surface area contributed by atoms with E-state index in [2.05, 4.69) is 0 Å². The molecule has 0 saturated heterocycles. The molecule has 0 spiro atoms. The molecule has 3 nitrogen and oxygen atoms in total. The van der Waals surface area contributed by atoms with E-state index in [9.17, 15) is 4.79 Å². The van der Waals surface area contributed by atoms with Crippen LogP contribution in [0.15, 0.2) is 42.5 Å². The first-order valence-electron chi connectivity index (χ1n) is 7.89. The zero-order valence-electron chi connectivity index (χ0n) is 14.1. The van der Waals surface area contributed by atoms with Gasteiger partial charge < -0.3 is 9.47 Å². The lowest BCUT2D eigenvalue weighted by Gasteiger charge is -2.08. The van der Waals surface area contributed by atoms with Crippen molar-refractivity contribution in [3.8, 4) is 11.5 Å². The number of hydrogen-bond acceptors (Lipinski definition) is 3. The van der Waals surface area contributed by atoms with Gasteiger partial charge in [0.1, 0.15) is 11.5 Å². The van der Waals surface area contributed by atoms with Crippen LogP contribution in [0.1, 0.15) is 30.0 Å². The maximum atomic E-state index is 12.0. The number of halogens is 1. The molecule has 0 aliphatic rings. The average Bonchev–Trinajstić information content (AvgIpc) is 2.56. The van der Waals surface area contributed by atoms with Crippen molar-refractivity contribution >= 4 is 23.6 Å². The van der Waals surface area contributed by atoms with E-state index in [0.29, 0.717) is 17.4 Å². The Morgan fingerprint density at radius 2 is 1.83 bits per heavy atom. The molecule has 0 unspecified atom stereocenters. The highest BCUT2D eigenvalue weighted by atomic mass is 35.5. The van der Waals surface area contributed by atoms with Crippen molar-refractivity contribution in [1.82, 2.24) is 0 Å². The lowest BCUT2D eigenvalue weighted by atomic mass is 10.1. The third-order valence-electron chi connectivity index (χ3n) is 3.41. The SMILES string of the molecule is CCCOc1ccccc1/C=C/C(=O)Oc1cc(C)c(Cl)c(C)c1. The molecule has 0 fully saturated rings. The molecule has 0 saturated carbocycles. The van der Waals surface area contributed by atoms with E-state index in [0.717, 1.165) is 28.9 Å². The first-order chi connectivity index (χ1) is 11.5. The van der Waals surface area contributed by atoms with E-state index in [1.54, 1.807) is 18.2 Å². The Balaban J connectivity index is 2.08. The van der Waals surface area contributed by atoms with E-state index in [1.807, 2.05) is 45.0 Å². The average molecular weight is 345 g/mol. The van der Waals surface area contributed by atoms with Crippen LogP contribution in [0.25, 0.3) is 6.08 Å². The number of hydrogen-bond donors (Lipinski definition) is 0. The van der Waals surface area contributed by atoms with Gasteiger partial charge in [-0.15, -0.1) is 0 Å². The molecule has 4 heteroatoms. The number of para-hydroxylation sites is 1. The topological polar surface area (TPSA) is 35.5 Å². The second kappa shape index (κ2) is 8.55. The van der Waals surface area contributed by atoms with Gasteiger partial charge in [-0.2, -0.15) is 0 Å². The van der Waals surface area contributed by atoms with Gasteiger partial charge in [-0.1, -0.05) is 36.7 Å². The van der Waals surface area contributed by atoms with E-state index in [1.165, 1.54) is 6.08 Å². The van der Waals surface area contributed by atoms with Crippen LogP contribution in [-0.4, -0.2) is 12.6 Å². The first kappa shape index (κ1) is 18.1. The van der Waals surface area contributed by atoms with Gasteiger partial charge in [0.05, 0.1) is 6.61 Å². The Morgan fingerprint density at radius 1 is 1.17 bits per heavy atom. The van der Waals surface area contributed by atoms with Gasteiger partial charge in [0.2, 0.25) is 0 Å². The molecule has 126 valence electrons. The number of benzene rings is 2. The van der Waals surface area contributed by atoms with Crippen LogP contribution in [0.4, 0.5) is 0 Å². The number of carbonyl (C=O) groups excluding carboxylic acids is 1. The highest BCUT2D eigenvalue weighted by Crippen LogP contribution is 2.26. The summed E-state index contributed by atoms with van der Waals surface area (Å²) in [6.45, 7) is 6.44. The highest BCUT2D eigenvalue weighted by molar-refractivity contribution is 6.32. The predicted octanol–water partition coefficient (Wildman–Crippen LogP) is 5.36. The maximum absolute atomic E-state index is 12.0. The fraction of sp³-hybridized carbons (Fsp3) is 0.250. The van der Waals surface area contributed by atoms with Crippen LogP contribution in [0.3, 0.4) is 0 Å². The van der Waals surface area contributed by atoms with E-state index >= 15 is 0 Å². The smallest absolute Gasteiger partial charge is 0.336 e. The van der Waals surface area contributed by atoms with Crippen molar-refractivity contribution in [3.05, 3.63) is 64.2 Å². The number of esters is 1. The Hall–Kier alpha value is -2.26. The van der Waals surface area contributed by atoms with E-state index in [4.69, 9.17) is 21.1 Å². The van der Waals surface area contributed by atoms with Crippen molar-refractivity contribution in [1.29, 1.82) is 0 Å². The van der Waals surface area contributed by atoms with Crippen LogP contribution >= 0.6 is 11.6 Å². The molecule has 0 amide bonds. The van der Waals surface area contributed by atoms with Gasteiger partial charge in [-0.05, 0) is 55.7 Å². The maximum Gasteiger partial charge on any atom is 0.336 e. The molecule has 0 aliphatic heterocycles. The fourth-order valence-electron chi connectivity index (χ4n) is 2.23. The van der Waals surface area contributed by atoms with E-state index in [-0.39, 0.29) is 0 Å². The molecule has 2 aromatic rings. The molecule has 0 N–H and O–H groups in total. The summed E-state index contributed by atoms with van der Waals surface area (Å²) in [7, 11) is 0. The van der Waals surface area contributed by atoms with Crippen molar-refractivity contribution in [2.45, 2.75) is 27.2 Å². The summed E-state index contributed by atoms with van der Waals surface area (Å²) in [5, 5.41) is 0.687. The molecule has 0 aromatic heterocycles. The molecule has 0 heterocycles. The van der Waals surface area contributed by atoms with Crippen LogP contribution in [0.2, 0.25) is 5.02 Å². The minimum atomic E-state index is -0.443. The summed E-state index contributed by atoms with van der Waals surface area (Å²) < 4.78 is 11.0. The van der Waals surface area contributed by atoms with E-state index < -0.39 is 5.97 Å². The monoisotopic (exact) mass is 344 g/mol. The molecule has 2 aromatic carbocycles. The zero-order chi connectivity index (χ0) is 17.5. The van der Waals surface area contributed by atoms with Gasteiger partial charge in [0.25, 0.3) is 0 Å². The fourth-order valence-corrected chi connectivity index (χ4v) is 2.34. The third kappa shape index (κ3) is 4.87. The predicted molar refractivity (Wildman–Crippen MR) is 97.8 cm³/mol. The highest BCUT2D eigenvalue weighted by Gasteiger charge is 2.07. The Labute approximate surface area is 147 Å². The quantitative estimate of drug-likeness (QED) is 0.402. The minimum absolute atomic E-state index is 0.443. The summed E-state index contributed by atoms with van der Waals surface area (Å²) in [5.41, 5.74) is 2.59. The molecule has 0 bridgehead atoms. The van der Waals surface area contributed by atoms with Crippen LogP contribution in [0.5, 0.6) is 11.5 Å². The zero-order valence-corrected chi connectivity index (χ0v) is 14.9. The summed E-state index contributed by atoms with van der Waals surface area (Å²) in [6, 6.07) is 11.1. The second-order valence-electron chi connectivity index (χ2n) is 5.51. The van der Waals surface area contributed by atoms with Crippen LogP contribution < -0.4 is 9.47 Å². The van der Waals surface area contributed by atoms with Crippen molar-refractivity contribution in [3.63, 3.8) is 0 Å². The van der Waals surface area contributed by atoms with Crippen molar-refractivity contribution in [2.24, 2.45) is 0 Å². The van der Waals surface area contributed by atoms with Crippen molar-refractivity contribution in [2.75, 3.05) is 6.61 Å². The van der Waals surface area contributed by atoms with Crippen LogP contribution in [0, 0.1) is 13.8 Å². The summed E-state index contributed by atoms with van der Waals surface area (Å²) in [4.78, 5) is 12.0.